The summed E-state index contributed by atoms with van der Waals surface area (Å²) in [5.74, 6) is 1.78. The highest BCUT2D eigenvalue weighted by molar-refractivity contribution is 7.99. The summed E-state index contributed by atoms with van der Waals surface area (Å²) >= 11 is 1.81. The van der Waals surface area contributed by atoms with Gasteiger partial charge in [0.1, 0.15) is 11.4 Å². The predicted octanol–water partition coefficient (Wildman–Crippen LogP) is 3.38. The molecular formula is C12H14N2S. The fourth-order valence-corrected chi connectivity index (χ4v) is 2.28. The van der Waals surface area contributed by atoms with Crippen molar-refractivity contribution in [2.45, 2.75) is 18.9 Å². The average Bonchev–Trinajstić information content (AvgIpc) is 2.26. The number of hydrogen-bond donors (Lipinski definition) is 0. The molecule has 0 spiro atoms. The zero-order chi connectivity index (χ0) is 10.7. The van der Waals surface area contributed by atoms with Crippen LogP contribution in [0.2, 0.25) is 0 Å². The van der Waals surface area contributed by atoms with Gasteiger partial charge in [0.25, 0.3) is 0 Å². The summed E-state index contributed by atoms with van der Waals surface area (Å²) in [6, 6.07) is 8.14. The lowest BCUT2D eigenvalue weighted by atomic mass is 10.2. The number of aromatic nitrogens is 2. The molecule has 0 saturated heterocycles. The highest BCUT2D eigenvalue weighted by Crippen LogP contribution is 2.25. The van der Waals surface area contributed by atoms with Crippen molar-refractivity contribution in [3.05, 3.63) is 30.6 Å². The first kappa shape index (κ1) is 10.4. The van der Waals surface area contributed by atoms with E-state index in [1.165, 1.54) is 0 Å². The van der Waals surface area contributed by atoms with Gasteiger partial charge in [-0.15, -0.1) is 11.8 Å². The number of benzene rings is 1. The monoisotopic (exact) mass is 218 g/mol. The molecule has 2 nitrogen and oxygen atoms in total. The maximum Gasteiger partial charge on any atom is 0.117 e. The van der Waals surface area contributed by atoms with Gasteiger partial charge in [-0.1, -0.05) is 32.0 Å². The van der Waals surface area contributed by atoms with Gasteiger partial charge in [0, 0.05) is 11.1 Å². The van der Waals surface area contributed by atoms with Crippen LogP contribution in [0.15, 0.2) is 35.6 Å². The molecule has 0 atom stereocenters. The second kappa shape index (κ2) is 4.62. The molecule has 78 valence electrons. The second-order valence-corrected chi connectivity index (χ2v) is 4.91. The zero-order valence-corrected chi connectivity index (χ0v) is 9.79. The summed E-state index contributed by atoms with van der Waals surface area (Å²) < 4.78 is 0. The van der Waals surface area contributed by atoms with Crippen LogP contribution in [0.4, 0.5) is 0 Å². The lowest BCUT2D eigenvalue weighted by Crippen LogP contribution is -1.93. The maximum atomic E-state index is 4.33. The van der Waals surface area contributed by atoms with E-state index < -0.39 is 0 Å². The fraction of sp³-hybridized carbons (Fsp3) is 0.333. The van der Waals surface area contributed by atoms with Crippen LogP contribution in [0.5, 0.6) is 0 Å². The third kappa shape index (κ3) is 2.48. The molecule has 0 radical (unpaired) electrons. The Morgan fingerprint density at radius 2 is 2.00 bits per heavy atom. The van der Waals surface area contributed by atoms with Gasteiger partial charge in [-0.2, -0.15) is 0 Å². The molecule has 1 heterocycles. The van der Waals surface area contributed by atoms with Crippen LogP contribution in [-0.4, -0.2) is 15.7 Å². The Labute approximate surface area is 94.1 Å². The molecule has 0 amide bonds. The minimum atomic E-state index is 0.684. The first-order valence-corrected chi connectivity index (χ1v) is 6.08. The Morgan fingerprint density at radius 3 is 2.80 bits per heavy atom. The molecule has 0 aliphatic heterocycles. The second-order valence-electron chi connectivity index (χ2n) is 3.90. The van der Waals surface area contributed by atoms with Gasteiger partial charge in [0.2, 0.25) is 0 Å². The molecule has 0 N–H and O–H groups in total. The molecule has 15 heavy (non-hydrogen) atoms. The molecule has 0 aliphatic carbocycles. The van der Waals surface area contributed by atoms with E-state index in [9.17, 15) is 0 Å². The summed E-state index contributed by atoms with van der Waals surface area (Å²) in [6.07, 6.45) is 1.64. The number of rotatable bonds is 3. The van der Waals surface area contributed by atoms with E-state index in [2.05, 4.69) is 29.9 Å². The van der Waals surface area contributed by atoms with Gasteiger partial charge >= 0.3 is 0 Å². The number of para-hydroxylation sites is 1. The van der Waals surface area contributed by atoms with E-state index in [0.29, 0.717) is 5.92 Å². The minimum absolute atomic E-state index is 0.684. The summed E-state index contributed by atoms with van der Waals surface area (Å²) in [5, 5.41) is 2.25. The van der Waals surface area contributed by atoms with Crippen LogP contribution in [0, 0.1) is 5.92 Å². The van der Waals surface area contributed by atoms with Crippen molar-refractivity contribution in [2.24, 2.45) is 5.92 Å². The normalized spacial score (nSPS) is 11.1. The van der Waals surface area contributed by atoms with Crippen molar-refractivity contribution in [3.63, 3.8) is 0 Å². The average molecular weight is 218 g/mol. The summed E-state index contributed by atoms with van der Waals surface area (Å²) in [7, 11) is 0. The molecule has 0 aliphatic rings. The van der Waals surface area contributed by atoms with E-state index in [0.717, 1.165) is 21.7 Å². The number of fused-ring (bicyclic) bond motifs is 1. The minimum Gasteiger partial charge on any atom is -0.236 e. The molecule has 1 aromatic carbocycles. The highest BCUT2D eigenvalue weighted by atomic mass is 32.2. The third-order valence-corrected chi connectivity index (χ3v) is 3.49. The molecule has 0 unspecified atom stereocenters. The first-order chi connectivity index (χ1) is 7.27. The Kier molecular flexibility index (Phi) is 3.21. The largest absolute Gasteiger partial charge is 0.236 e. The van der Waals surface area contributed by atoms with Gasteiger partial charge in [0.05, 0.1) is 5.52 Å². The van der Waals surface area contributed by atoms with E-state index in [4.69, 9.17) is 0 Å². The molecule has 1 aromatic heterocycles. The molecule has 3 heteroatoms. The number of hydrogen-bond acceptors (Lipinski definition) is 3. The molecule has 0 fully saturated rings. The van der Waals surface area contributed by atoms with Crippen LogP contribution in [0.3, 0.4) is 0 Å². The standard InChI is InChI=1S/C12H14N2S/c1-9(2)7-15-12-10-5-3-4-6-11(10)13-8-14-12/h3-6,8-9H,7H2,1-2H3. The Bertz CT molecular complexity index is 449. The summed E-state index contributed by atoms with van der Waals surface area (Å²) in [4.78, 5) is 8.58. The zero-order valence-electron chi connectivity index (χ0n) is 8.97. The van der Waals surface area contributed by atoms with Crippen molar-refractivity contribution >= 4 is 22.7 Å². The van der Waals surface area contributed by atoms with Crippen LogP contribution >= 0.6 is 11.8 Å². The topological polar surface area (TPSA) is 25.8 Å². The Morgan fingerprint density at radius 1 is 1.20 bits per heavy atom. The van der Waals surface area contributed by atoms with E-state index in [1.807, 2.05) is 18.2 Å². The van der Waals surface area contributed by atoms with Gasteiger partial charge in [-0.05, 0) is 12.0 Å². The van der Waals surface area contributed by atoms with Crippen LogP contribution in [0.25, 0.3) is 10.9 Å². The van der Waals surface area contributed by atoms with Crippen molar-refractivity contribution < 1.29 is 0 Å². The molecular weight excluding hydrogens is 204 g/mol. The van der Waals surface area contributed by atoms with Gasteiger partial charge in [-0.25, -0.2) is 9.97 Å². The van der Waals surface area contributed by atoms with Crippen molar-refractivity contribution in [2.75, 3.05) is 5.75 Å². The first-order valence-electron chi connectivity index (χ1n) is 5.10. The van der Waals surface area contributed by atoms with E-state index in [1.54, 1.807) is 18.1 Å². The lowest BCUT2D eigenvalue weighted by Gasteiger charge is -2.05. The Balaban J connectivity index is 2.34. The molecule has 2 rings (SSSR count). The summed E-state index contributed by atoms with van der Waals surface area (Å²) in [6.45, 7) is 4.44. The molecule has 0 saturated carbocycles. The smallest absolute Gasteiger partial charge is 0.117 e. The highest BCUT2D eigenvalue weighted by Gasteiger charge is 2.04. The van der Waals surface area contributed by atoms with Crippen molar-refractivity contribution in [1.82, 2.24) is 9.97 Å². The Hall–Kier alpha value is -1.09. The predicted molar refractivity (Wildman–Crippen MR) is 65.1 cm³/mol. The van der Waals surface area contributed by atoms with Gasteiger partial charge in [0.15, 0.2) is 0 Å². The maximum absolute atomic E-state index is 4.33. The van der Waals surface area contributed by atoms with Crippen molar-refractivity contribution in [3.8, 4) is 0 Å². The number of nitrogens with zero attached hydrogens (tertiary/aromatic N) is 2. The van der Waals surface area contributed by atoms with Crippen LogP contribution < -0.4 is 0 Å². The fourth-order valence-electron chi connectivity index (χ4n) is 1.34. The van der Waals surface area contributed by atoms with E-state index >= 15 is 0 Å². The molecule has 0 bridgehead atoms. The van der Waals surface area contributed by atoms with Crippen LogP contribution in [0.1, 0.15) is 13.8 Å². The number of thioether (sulfide) groups is 1. The van der Waals surface area contributed by atoms with Gasteiger partial charge in [-0.3, -0.25) is 0 Å². The third-order valence-electron chi connectivity index (χ3n) is 2.06. The van der Waals surface area contributed by atoms with E-state index in [-0.39, 0.29) is 0 Å². The lowest BCUT2D eigenvalue weighted by molar-refractivity contribution is 0.749. The van der Waals surface area contributed by atoms with Crippen molar-refractivity contribution in [1.29, 1.82) is 0 Å². The quantitative estimate of drug-likeness (QED) is 0.583. The summed E-state index contributed by atoms with van der Waals surface area (Å²) in [5.41, 5.74) is 1.03. The van der Waals surface area contributed by atoms with Crippen LogP contribution in [-0.2, 0) is 0 Å². The van der Waals surface area contributed by atoms with Gasteiger partial charge < -0.3 is 0 Å². The SMILES string of the molecule is CC(C)CSc1ncnc2ccccc12. The molecule has 2 aromatic rings.